The first-order valence-corrected chi connectivity index (χ1v) is 11.4. The van der Waals surface area contributed by atoms with E-state index in [9.17, 15) is 14.4 Å². The van der Waals surface area contributed by atoms with Crippen molar-refractivity contribution in [3.63, 3.8) is 0 Å². The average Bonchev–Trinajstić information content (AvgIpc) is 2.73. The van der Waals surface area contributed by atoms with Crippen molar-refractivity contribution in [1.29, 1.82) is 0 Å². The molecule has 1 unspecified atom stereocenters. The maximum atomic E-state index is 12.7. The molecule has 0 radical (unpaired) electrons. The van der Waals surface area contributed by atoms with Crippen LogP contribution >= 0.6 is 12.2 Å². The molecule has 1 heterocycles. The molecule has 32 heavy (non-hydrogen) atoms. The third-order valence-electron chi connectivity index (χ3n) is 4.81. The van der Waals surface area contributed by atoms with Crippen LogP contribution in [0, 0.1) is 11.8 Å². The first kappa shape index (κ1) is 25.6. The third kappa shape index (κ3) is 8.11. The maximum Gasteiger partial charge on any atom is 0.308 e. The third-order valence-corrected chi connectivity index (χ3v) is 5.15. The molecule has 1 fully saturated rings. The van der Waals surface area contributed by atoms with E-state index in [4.69, 9.17) is 21.7 Å². The van der Waals surface area contributed by atoms with Crippen LogP contribution in [0.3, 0.4) is 0 Å². The van der Waals surface area contributed by atoms with Gasteiger partial charge in [0, 0.05) is 18.7 Å². The summed E-state index contributed by atoms with van der Waals surface area (Å²) in [5.74, 6) is 0.166. The molecule has 1 atom stereocenters. The SMILES string of the molecule is CC(C)CCOC(=O)CC1C(=O)NCCN1C(=S)NC(=O)c1cccc(OCC(C)C)c1. The predicted molar refractivity (Wildman–Crippen MR) is 125 cm³/mol. The van der Waals surface area contributed by atoms with E-state index in [1.165, 1.54) is 0 Å². The van der Waals surface area contributed by atoms with Gasteiger partial charge in [-0.3, -0.25) is 19.7 Å². The van der Waals surface area contributed by atoms with E-state index in [0.717, 1.165) is 6.42 Å². The zero-order valence-electron chi connectivity index (χ0n) is 19.2. The number of rotatable bonds is 9. The van der Waals surface area contributed by atoms with Crippen molar-refractivity contribution in [2.24, 2.45) is 11.8 Å². The second kappa shape index (κ2) is 12.4. The van der Waals surface area contributed by atoms with E-state index < -0.39 is 17.9 Å². The molecule has 2 amide bonds. The summed E-state index contributed by atoms with van der Waals surface area (Å²) in [7, 11) is 0. The van der Waals surface area contributed by atoms with Gasteiger partial charge in [-0.1, -0.05) is 33.8 Å². The standard InChI is InChI=1S/C23H33N3O5S/c1-15(2)8-11-30-20(27)13-19-22(29)24-9-10-26(19)23(32)25-21(28)17-6-5-7-18(12-17)31-14-16(3)4/h5-7,12,15-16,19H,8-11,13-14H2,1-4H3,(H,24,29)(H,25,28,32). The van der Waals surface area contributed by atoms with Crippen LogP contribution in [0.5, 0.6) is 5.75 Å². The Labute approximate surface area is 195 Å². The lowest BCUT2D eigenvalue weighted by Crippen LogP contribution is -2.60. The number of amides is 2. The second-order valence-corrected chi connectivity index (χ2v) is 8.99. The maximum absolute atomic E-state index is 12.7. The molecule has 0 aromatic heterocycles. The molecule has 1 aromatic carbocycles. The van der Waals surface area contributed by atoms with E-state index in [2.05, 4.69) is 10.6 Å². The smallest absolute Gasteiger partial charge is 0.308 e. The van der Waals surface area contributed by atoms with Crippen LogP contribution < -0.4 is 15.4 Å². The van der Waals surface area contributed by atoms with E-state index in [0.29, 0.717) is 49.5 Å². The highest BCUT2D eigenvalue weighted by molar-refractivity contribution is 7.80. The zero-order valence-corrected chi connectivity index (χ0v) is 20.0. The summed E-state index contributed by atoms with van der Waals surface area (Å²) < 4.78 is 10.9. The molecule has 1 aliphatic heterocycles. The molecule has 1 aromatic rings. The van der Waals surface area contributed by atoms with Crippen LogP contribution in [0.15, 0.2) is 24.3 Å². The Morgan fingerprint density at radius 2 is 2.00 bits per heavy atom. The summed E-state index contributed by atoms with van der Waals surface area (Å²) >= 11 is 5.40. The van der Waals surface area contributed by atoms with Gasteiger partial charge in [-0.2, -0.15) is 0 Å². The van der Waals surface area contributed by atoms with Crippen molar-refractivity contribution in [2.45, 2.75) is 46.6 Å². The van der Waals surface area contributed by atoms with Crippen LogP contribution in [0.1, 0.15) is 50.9 Å². The van der Waals surface area contributed by atoms with Gasteiger partial charge in [-0.25, -0.2) is 0 Å². The highest BCUT2D eigenvalue weighted by atomic mass is 32.1. The Morgan fingerprint density at radius 3 is 2.69 bits per heavy atom. The first-order valence-electron chi connectivity index (χ1n) is 11.0. The Hall–Kier alpha value is -2.68. The van der Waals surface area contributed by atoms with Gasteiger partial charge in [-0.15, -0.1) is 0 Å². The minimum absolute atomic E-state index is 0.0957. The normalized spacial score (nSPS) is 16.0. The van der Waals surface area contributed by atoms with Gasteiger partial charge in [0.05, 0.1) is 19.6 Å². The number of esters is 1. The Balaban J connectivity index is 2.00. The van der Waals surface area contributed by atoms with E-state index in [1.54, 1.807) is 29.2 Å². The van der Waals surface area contributed by atoms with Crippen LogP contribution in [0.2, 0.25) is 0 Å². The molecule has 1 aliphatic rings. The monoisotopic (exact) mass is 463 g/mol. The average molecular weight is 464 g/mol. The molecule has 2 rings (SSSR count). The molecule has 9 heteroatoms. The zero-order chi connectivity index (χ0) is 23.7. The van der Waals surface area contributed by atoms with Gasteiger partial charge in [0.1, 0.15) is 11.8 Å². The molecular weight excluding hydrogens is 430 g/mol. The van der Waals surface area contributed by atoms with E-state index in [-0.39, 0.29) is 17.4 Å². The number of nitrogens with zero attached hydrogens (tertiary/aromatic N) is 1. The fourth-order valence-corrected chi connectivity index (χ4v) is 3.33. The lowest BCUT2D eigenvalue weighted by Gasteiger charge is -2.36. The fraction of sp³-hybridized carbons (Fsp3) is 0.565. The Morgan fingerprint density at radius 1 is 1.25 bits per heavy atom. The highest BCUT2D eigenvalue weighted by Crippen LogP contribution is 2.15. The van der Waals surface area contributed by atoms with Crippen LogP contribution in [-0.4, -0.2) is 60.1 Å². The van der Waals surface area contributed by atoms with Gasteiger partial charge in [0.15, 0.2) is 5.11 Å². The van der Waals surface area contributed by atoms with Gasteiger partial charge in [-0.05, 0) is 48.7 Å². The summed E-state index contributed by atoms with van der Waals surface area (Å²) in [5.41, 5.74) is 0.389. The lowest BCUT2D eigenvalue weighted by molar-refractivity contribution is -0.147. The van der Waals surface area contributed by atoms with E-state index >= 15 is 0 Å². The Kier molecular flexibility index (Phi) is 9.90. The molecule has 8 nitrogen and oxygen atoms in total. The van der Waals surface area contributed by atoms with Crippen molar-refractivity contribution >= 4 is 35.1 Å². The number of nitrogens with one attached hydrogen (secondary N) is 2. The summed E-state index contributed by atoms with van der Waals surface area (Å²) in [4.78, 5) is 38.9. The van der Waals surface area contributed by atoms with Crippen LogP contribution in [-0.2, 0) is 14.3 Å². The molecule has 0 aliphatic carbocycles. The highest BCUT2D eigenvalue weighted by Gasteiger charge is 2.34. The van der Waals surface area contributed by atoms with Gasteiger partial charge < -0.3 is 19.7 Å². The molecule has 1 saturated heterocycles. The minimum Gasteiger partial charge on any atom is -0.493 e. The molecule has 0 saturated carbocycles. The number of carbonyl (C=O) groups is 3. The number of carbonyl (C=O) groups excluding carboxylic acids is 3. The number of hydrogen-bond acceptors (Lipinski definition) is 6. The molecular formula is C23H33N3O5S. The topological polar surface area (TPSA) is 97.0 Å². The molecule has 176 valence electrons. The largest absolute Gasteiger partial charge is 0.493 e. The number of piperazine rings is 1. The number of thiocarbonyl (C=S) groups is 1. The number of hydrogen-bond donors (Lipinski definition) is 2. The van der Waals surface area contributed by atoms with Crippen molar-refractivity contribution in [2.75, 3.05) is 26.3 Å². The van der Waals surface area contributed by atoms with Crippen LogP contribution in [0.25, 0.3) is 0 Å². The van der Waals surface area contributed by atoms with Crippen molar-refractivity contribution in [1.82, 2.24) is 15.5 Å². The summed E-state index contributed by atoms with van der Waals surface area (Å²) in [5, 5.41) is 5.50. The van der Waals surface area contributed by atoms with Crippen LogP contribution in [0.4, 0.5) is 0 Å². The van der Waals surface area contributed by atoms with Crippen molar-refractivity contribution in [3.8, 4) is 5.75 Å². The quantitative estimate of drug-likeness (QED) is 0.429. The lowest BCUT2D eigenvalue weighted by atomic mass is 10.1. The summed E-state index contributed by atoms with van der Waals surface area (Å²) in [6.07, 6.45) is 0.610. The van der Waals surface area contributed by atoms with Gasteiger partial charge in [0.25, 0.3) is 5.91 Å². The number of ether oxygens (including phenoxy) is 2. The summed E-state index contributed by atoms with van der Waals surface area (Å²) in [6, 6.07) is 5.99. The molecule has 0 bridgehead atoms. The van der Waals surface area contributed by atoms with Gasteiger partial charge >= 0.3 is 5.97 Å². The first-order chi connectivity index (χ1) is 15.2. The fourth-order valence-electron chi connectivity index (χ4n) is 3.02. The Bertz CT molecular complexity index is 828. The summed E-state index contributed by atoms with van der Waals surface area (Å²) in [6.45, 7) is 9.76. The predicted octanol–water partition coefficient (Wildman–Crippen LogP) is 2.52. The molecule has 0 spiro atoms. The van der Waals surface area contributed by atoms with Gasteiger partial charge in [0.2, 0.25) is 5.91 Å². The minimum atomic E-state index is -0.830. The van der Waals surface area contributed by atoms with Crippen molar-refractivity contribution < 1.29 is 23.9 Å². The molecule has 2 N–H and O–H groups in total. The second-order valence-electron chi connectivity index (χ2n) is 8.60. The number of benzene rings is 1. The van der Waals surface area contributed by atoms with E-state index in [1.807, 2.05) is 27.7 Å². The van der Waals surface area contributed by atoms with Crippen molar-refractivity contribution in [3.05, 3.63) is 29.8 Å².